The summed E-state index contributed by atoms with van der Waals surface area (Å²) in [6.45, 7) is 0. The first-order valence-electron chi connectivity index (χ1n) is 4.64. The van der Waals surface area contributed by atoms with Crippen LogP contribution in [0, 0.1) is 0 Å². The van der Waals surface area contributed by atoms with Gasteiger partial charge in [-0.1, -0.05) is 0 Å². The average molecular weight is 293 g/mol. The Morgan fingerprint density at radius 3 is 2.47 bits per heavy atom. The van der Waals surface area contributed by atoms with Crippen LogP contribution in [0.1, 0.15) is 10.4 Å². The van der Waals surface area contributed by atoms with E-state index in [9.17, 15) is 18.3 Å². The summed E-state index contributed by atoms with van der Waals surface area (Å²) in [7, 11) is -4.62. The Balaban J connectivity index is 0.00000180. The fourth-order valence-electron chi connectivity index (χ4n) is 1.57. The summed E-state index contributed by atoms with van der Waals surface area (Å²) in [4.78, 5) is 14.0. The molecule has 0 unspecified atom stereocenters. The van der Waals surface area contributed by atoms with Crippen LogP contribution in [0.4, 0.5) is 0 Å². The summed E-state index contributed by atoms with van der Waals surface area (Å²) in [5.74, 6) is -2.17. The summed E-state index contributed by atoms with van der Waals surface area (Å²) in [5, 5.41) is 18.5. The molecule has 0 radical (unpaired) electrons. The number of rotatable bonds is 2. The molecule has 19 heavy (non-hydrogen) atoms. The maximum atomic E-state index is 11.2. The van der Waals surface area contributed by atoms with Crippen molar-refractivity contribution in [2.24, 2.45) is 0 Å². The molecule has 1 heterocycles. The van der Waals surface area contributed by atoms with Gasteiger partial charge in [0.2, 0.25) is 0 Å². The molecule has 0 saturated heterocycles. The molecule has 0 fully saturated rings. The number of aromatic nitrogens is 1. The molecule has 0 aliphatic heterocycles. The van der Waals surface area contributed by atoms with Gasteiger partial charge in [0.15, 0.2) is 5.75 Å². The van der Waals surface area contributed by atoms with Crippen LogP contribution in [0.25, 0.3) is 10.9 Å². The molecule has 0 amide bonds. The van der Waals surface area contributed by atoms with E-state index in [1.54, 1.807) is 0 Å². The zero-order chi connectivity index (χ0) is 13.5. The van der Waals surface area contributed by atoms with E-state index in [0.29, 0.717) is 6.07 Å². The van der Waals surface area contributed by atoms with Gasteiger partial charge in [-0.05, 0) is 18.2 Å². The minimum atomic E-state index is -4.62. The van der Waals surface area contributed by atoms with Crippen LogP contribution in [-0.2, 0) is 10.1 Å². The molecule has 0 bridgehead atoms. The van der Waals surface area contributed by atoms with Gasteiger partial charge in [-0.25, -0.2) is 4.79 Å². The molecule has 0 atom stereocenters. The second kappa shape index (κ2) is 5.43. The summed E-state index contributed by atoms with van der Waals surface area (Å²) >= 11 is 0. The molecule has 2 aromatic rings. The number of hydrogen-bond donors (Lipinski definition) is 3. The van der Waals surface area contributed by atoms with Crippen molar-refractivity contribution in [1.82, 2.24) is 4.98 Å². The van der Waals surface area contributed by atoms with Crippen LogP contribution in [0.5, 0.6) is 5.75 Å². The number of aromatic carboxylic acids is 1. The van der Waals surface area contributed by atoms with Gasteiger partial charge < -0.3 is 10.2 Å². The summed E-state index contributed by atoms with van der Waals surface area (Å²) in [6.07, 6.45) is 1.27. The number of nitrogens with zero attached hydrogens (tertiary/aromatic N) is 1. The van der Waals surface area contributed by atoms with E-state index < -0.39 is 32.3 Å². The monoisotopic (exact) mass is 293 g/mol. The Morgan fingerprint density at radius 2 is 1.95 bits per heavy atom. The van der Waals surface area contributed by atoms with Gasteiger partial charge in [0, 0.05) is 11.6 Å². The molecular formula is C10H8NNaO6S. The van der Waals surface area contributed by atoms with Crippen molar-refractivity contribution in [3.05, 3.63) is 30.0 Å². The van der Waals surface area contributed by atoms with Gasteiger partial charge in [0.05, 0.1) is 0 Å². The molecule has 0 spiro atoms. The zero-order valence-electron chi connectivity index (χ0n) is 8.73. The number of aromatic hydroxyl groups is 1. The fraction of sp³-hybridized carbons (Fsp3) is 0. The molecule has 0 aliphatic rings. The van der Waals surface area contributed by atoms with Gasteiger partial charge >= 0.3 is 35.5 Å². The molecule has 0 saturated carbocycles. The summed E-state index contributed by atoms with van der Waals surface area (Å²) < 4.78 is 31.4. The number of carboxylic acids is 1. The fourth-order valence-corrected chi connectivity index (χ4v) is 2.28. The van der Waals surface area contributed by atoms with E-state index >= 15 is 0 Å². The van der Waals surface area contributed by atoms with Crippen LogP contribution in [-0.4, -0.2) is 63.7 Å². The van der Waals surface area contributed by atoms with Crippen LogP contribution in [0.15, 0.2) is 29.3 Å². The Labute approximate surface area is 129 Å². The van der Waals surface area contributed by atoms with E-state index in [1.165, 1.54) is 18.3 Å². The molecule has 9 heteroatoms. The minimum absolute atomic E-state index is 0. The number of phenols is 1. The van der Waals surface area contributed by atoms with E-state index in [4.69, 9.17) is 9.66 Å². The van der Waals surface area contributed by atoms with Crippen molar-refractivity contribution in [3.63, 3.8) is 0 Å². The third-order valence-electron chi connectivity index (χ3n) is 2.34. The Hall–Kier alpha value is -1.19. The predicted molar refractivity (Wildman–Crippen MR) is 67.3 cm³/mol. The van der Waals surface area contributed by atoms with Gasteiger partial charge in [-0.3, -0.25) is 9.54 Å². The first kappa shape index (κ1) is 15.9. The number of carbonyl (C=O) groups is 1. The molecule has 2 rings (SSSR count). The van der Waals surface area contributed by atoms with Gasteiger partial charge in [-0.15, -0.1) is 0 Å². The van der Waals surface area contributed by atoms with Crippen molar-refractivity contribution in [1.29, 1.82) is 0 Å². The van der Waals surface area contributed by atoms with Crippen LogP contribution in [0.2, 0.25) is 0 Å². The van der Waals surface area contributed by atoms with Crippen molar-refractivity contribution in [3.8, 4) is 5.75 Å². The molecule has 1 aromatic carbocycles. The topological polar surface area (TPSA) is 125 Å². The molecule has 96 valence electrons. The zero-order valence-corrected chi connectivity index (χ0v) is 9.55. The molecule has 3 N–H and O–H groups in total. The predicted octanol–water partition coefficient (Wildman–Crippen LogP) is 0.237. The third kappa shape index (κ3) is 2.88. The van der Waals surface area contributed by atoms with Crippen LogP contribution in [0.3, 0.4) is 0 Å². The van der Waals surface area contributed by atoms with Crippen molar-refractivity contribution >= 4 is 56.5 Å². The molecule has 1 aromatic heterocycles. The second-order valence-corrected chi connectivity index (χ2v) is 4.84. The van der Waals surface area contributed by atoms with Gasteiger partial charge in [0.25, 0.3) is 10.1 Å². The number of benzene rings is 1. The standard InChI is InChI=1S/C10H7NO6S.Na.H/c12-9-6(10(13)14)4-7(18(15,16)17)5-2-1-3-11-8(5)9;;/h1-4,12H,(H,13,14)(H,15,16,17);;. The van der Waals surface area contributed by atoms with Gasteiger partial charge in [0.1, 0.15) is 16.0 Å². The van der Waals surface area contributed by atoms with Gasteiger partial charge in [-0.2, -0.15) is 8.42 Å². The number of carboxylic acid groups (broad SMARTS) is 1. The van der Waals surface area contributed by atoms with Crippen molar-refractivity contribution in [2.75, 3.05) is 0 Å². The van der Waals surface area contributed by atoms with E-state index in [2.05, 4.69) is 4.98 Å². The first-order valence-corrected chi connectivity index (χ1v) is 6.08. The van der Waals surface area contributed by atoms with Crippen molar-refractivity contribution in [2.45, 2.75) is 4.90 Å². The number of pyridine rings is 1. The van der Waals surface area contributed by atoms with E-state index in [1.807, 2.05) is 0 Å². The average Bonchev–Trinajstić information content (AvgIpc) is 2.27. The van der Waals surface area contributed by atoms with Crippen LogP contribution < -0.4 is 0 Å². The Kier molecular flexibility index (Phi) is 4.54. The van der Waals surface area contributed by atoms with Crippen molar-refractivity contribution < 1.29 is 28.0 Å². The SMILES string of the molecule is O=C(O)c1cc(S(=O)(=O)O)c2cccnc2c1O.[NaH]. The maximum absolute atomic E-state index is 11.2. The molecule has 0 aliphatic carbocycles. The summed E-state index contributed by atoms with van der Waals surface area (Å²) in [6, 6.07) is 3.39. The van der Waals surface area contributed by atoms with E-state index in [0.717, 1.165) is 0 Å². The number of hydrogen-bond acceptors (Lipinski definition) is 5. The second-order valence-electron chi connectivity index (χ2n) is 3.45. The van der Waals surface area contributed by atoms with E-state index in [-0.39, 0.29) is 40.5 Å². The molecular weight excluding hydrogens is 285 g/mol. The Morgan fingerprint density at radius 1 is 1.32 bits per heavy atom. The number of fused-ring (bicyclic) bond motifs is 1. The molecule has 7 nitrogen and oxygen atoms in total. The first-order chi connectivity index (χ1) is 8.32. The quantitative estimate of drug-likeness (QED) is 0.535. The Bertz CT molecular complexity index is 758. The normalized spacial score (nSPS) is 11.0. The third-order valence-corrected chi connectivity index (χ3v) is 3.23. The van der Waals surface area contributed by atoms with Crippen LogP contribution >= 0.6 is 0 Å². The summed E-state index contributed by atoms with van der Waals surface area (Å²) in [5.41, 5.74) is -0.848.